The van der Waals surface area contributed by atoms with Crippen LogP contribution in [0.3, 0.4) is 0 Å². The van der Waals surface area contributed by atoms with E-state index in [0.717, 1.165) is 32.7 Å². The number of amides is 2. The minimum absolute atomic E-state index is 0.0730. The first-order valence-corrected chi connectivity index (χ1v) is 9.06. The fourth-order valence-electron chi connectivity index (χ4n) is 2.85. The van der Waals surface area contributed by atoms with Gasteiger partial charge in [-0.15, -0.1) is 0 Å². The monoisotopic (exact) mass is 366 g/mol. The van der Waals surface area contributed by atoms with Crippen LogP contribution in [0.15, 0.2) is 24.3 Å². The van der Waals surface area contributed by atoms with E-state index in [1.54, 1.807) is 24.1 Å². The molecule has 1 N–H and O–H groups in total. The first kappa shape index (κ1) is 19.7. The molecule has 1 fully saturated rings. The van der Waals surface area contributed by atoms with Crippen molar-refractivity contribution in [3.63, 3.8) is 0 Å². The van der Waals surface area contributed by atoms with Crippen molar-refractivity contribution in [2.75, 3.05) is 51.6 Å². The number of carbonyl (C=O) groups is 2. The molecule has 0 aliphatic carbocycles. The van der Waals surface area contributed by atoms with Gasteiger partial charge in [-0.2, -0.15) is 0 Å². The van der Waals surface area contributed by atoms with Gasteiger partial charge >= 0.3 is 0 Å². The molecule has 1 aliphatic heterocycles. The predicted molar refractivity (Wildman–Crippen MR) is 101 cm³/mol. The molecule has 0 aromatic heterocycles. The Balaban J connectivity index is 1.85. The summed E-state index contributed by atoms with van der Waals surface area (Å²) >= 11 is 6.05. The Hall–Kier alpha value is -1.63. The highest BCUT2D eigenvalue weighted by Gasteiger charge is 2.27. The summed E-state index contributed by atoms with van der Waals surface area (Å²) in [6, 6.07) is 6.76. The van der Waals surface area contributed by atoms with Crippen LogP contribution in [0.1, 0.15) is 13.8 Å². The van der Waals surface area contributed by atoms with Gasteiger partial charge in [0.05, 0.1) is 23.3 Å². The third-order valence-electron chi connectivity index (χ3n) is 4.69. The number of hydrogen-bond acceptors (Lipinski definition) is 4. The molecule has 6 nitrogen and oxygen atoms in total. The van der Waals surface area contributed by atoms with Gasteiger partial charge < -0.3 is 15.1 Å². The maximum atomic E-state index is 12.6. The van der Waals surface area contributed by atoms with Gasteiger partial charge in [-0.25, -0.2) is 0 Å². The van der Waals surface area contributed by atoms with E-state index in [1.165, 1.54) is 0 Å². The highest BCUT2D eigenvalue weighted by Crippen LogP contribution is 2.20. The van der Waals surface area contributed by atoms with Crippen LogP contribution in [0.4, 0.5) is 5.69 Å². The number of nitrogens with one attached hydrogen (secondary N) is 1. The van der Waals surface area contributed by atoms with E-state index >= 15 is 0 Å². The highest BCUT2D eigenvalue weighted by atomic mass is 35.5. The number of hydrogen-bond donors (Lipinski definition) is 1. The maximum Gasteiger partial charge on any atom is 0.239 e. The molecular weight excluding hydrogens is 340 g/mol. The summed E-state index contributed by atoms with van der Waals surface area (Å²) in [7, 11) is 1.79. The van der Waals surface area contributed by atoms with Crippen molar-refractivity contribution in [2.24, 2.45) is 0 Å². The molecule has 0 unspecified atom stereocenters. The summed E-state index contributed by atoms with van der Waals surface area (Å²) in [5.74, 6) is -0.116. The molecule has 2 rings (SSSR count). The van der Waals surface area contributed by atoms with E-state index in [0.29, 0.717) is 10.7 Å². The average molecular weight is 367 g/mol. The van der Waals surface area contributed by atoms with Crippen molar-refractivity contribution in [1.29, 1.82) is 0 Å². The van der Waals surface area contributed by atoms with Crippen molar-refractivity contribution in [2.45, 2.75) is 19.9 Å². The van der Waals surface area contributed by atoms with Crippen LogP contribution in [0, 0.1) is 0 Å². The number of anilines is 1. The lowest BCUT2D eigenvalue weighted by Gasteiger charge is -2.36. The second-order valence-corrected chi connectivity index (χ2v) is 6.79. The second kappa shape index (κ2) is 9.17. The largest absolute Gasteiger partial charge is 0.339 e. The first-order valence-electron chi connectivity index (χ1n) is 8.68. The molecule has 2 amide bonds. The SMILES string of the molecule is CCN1CCN(C(=O)[C@@H](C)N(C)CC(=O)Nc2ccccc2Cl)CC1. The number of para-hydroxylation sites is 1. The Morgan fingerprint density at radius 1 is 1.24 bits per heavy atom. The quantitative estimate of drug-likeness (QED) is 0.833. The Morgan fingerprint density at radius 2 is 1.88 bits per heavy atom. The second-order valence-electron chi connectivity index (χ2n) is 6.38. The number of piperazine rings is 1. The van der Waals surface area contributed by atoms with Crippen LogP contribution in [-0.2, 0) is 9.59 Å². The lowest BCUT2D eigenvalue weighted by atomic mass is 10.2. The summed E-state index contributed by atoms with van der Waals surface area (Å²) in [5.41, 5.74) is 0.581. The van der Waals surface area contributed by atoms with Gasteiger partial charge in [0.1, 0.15) is 0 Å². The summed E-state index contributed by atoms with van der Waals surface area (Å²) < 4.78 is 0. The van der Waals surface area contributed by atoms with Crippen LogP contribution >= 0.6 is 11.6 Å². The van der Waals surface area contributed by atoms with Gasteiger partial charge in [0, 0.05) is 26.2 Å². The molecule has 1 aliphatic rings. The first-order chi connectivity index (χ1) is 11.9. The van der Waals surface area contributed by atoms with Crippen molar-refractivity contribution >= 4 is 29.1 Å². The lowest BCUT2D eigenvalue weighted by molar-refractivity contribution is -0.138. The standard InChI is InChI=1S/C18H27ClN4O2/c1-4-22-9-11-23(12-10-22)18(25)14(2)21(3)13-17(24)20-16-8-6-5-7-15(16)19/h5-8,14H,4,9-13H2,1-3H3,(H,20,24)/t14-/m1/s1. The van der Waals surface area contributed by atoms with Gasteiger partial charge in [0.2, 0.25) is 11.8 Å². The number of halogens is 1. The fourth-order valence-corrected chi connectivity index (χ4v) is 3.04. The van der Waals surface area contributed by atoms with E-state index < -0.39 is 0 Å². The molecule has 25 heavy (non-hydrogen) atoms. The number of rotatable bonds is 6. The normalized spacial score (nSPS) is 16.8. The van der Waals surface area contributed by atoms with E-state index in [-0.39, 0.29) is 24.4 Å². The van der Waals surface area contributed by atoms with Gasteiger partial charge in [-0.05, 0) is 32.6 Å². The van der Waals surface area contributed by atoms with Gasteiger partial charge in [-0.3, -0.25) is 14.5 Å². The molecule has 0 spiro atoms. The Bertz CT molecular complexity index is 602. The molecule has 1 atom stereocenters. The number of carbonyl (C=O) groups excluding carboxylic acids is 2. The van der Waals surface area contributed by atoms with Crippen molar-refractivity contribution < 1.29 is 9.59 Å². The van der Waals surface area contributed by atoms with Crippen LogP contribution in [0.2, 0.25) is 5.02 Å². The van der Waals surface area contributed by atoms with Crippen LogP contribution in [-0.4, -0.2) is 78.9 Å². The van der Waals surface area contributed by atoms with Gasteiger partial charge in [0.15, 0.2) is 0 Å². The molecule has 1 saturated heterocycles. The van der Waals surface area contributed by atoms with Crippen molar-refractivity contribution in [1.82, 2.24) is 14.7 Å². The van der Waals surface area contributed by atoms with Crippen LogP contribution < -0.4 is 5.32 Å². The lowest BCUT2D eigenvalue weighted by Crippen LogP contribution is -2.54. The van der Waals surface area contributed by atoms with Gasteiger partial charge in [0.25, 0.3) is 0 Å². The maximum absolute atomic E-state index is 12.6. The van der Waals surface area contributed by atoms with Crippen LogP contribution in [0.5, 0.6) is 0 Å². The fraction of sp³-hybridized carbons (Fsp3) is 0.556. The molecule has 0 saturated carbocycles. The molecule has 7 heteroatoms. The van der Waals surface area contributed by atoms with E-state index in [2.05, 4.69) is 17.1 Å². The van der Waals surface area contributed by atoms with Crippen molar-refractivity contribution in [3.8, 4) is 0 Å². The summed E-state index contributed by atoms with van der Waals surface area (Å²) in [4.78, 5) is 30.8. The predicted octanol–water partition coefficient (Wildman–Crippen LogP) is 1.76. The third kappa shape index (κ3) is 5.42. The Labute approximate surface area is 154 Å². The van der Waals surface area contributed by atoms with E-state index in [9.17, 15) is 9.59 Å². The minimum Gasteiger partial charge on any atom is -0.339 e. The molecule has 138 valence electrons. The number of likely N-dealkylation sites (N-methyl/N-ethyl adjacent to an activating group) is 2. The zero-order chi connectivity index (χ0) is 18.4. The number of benzene rings is 1. The van der Waals surface area contributed by atoms with E-state index in [4.69, 9.17) is 11.6 Å². The molecule has 1 aromatic carbocycles. The Morgan fingerprint density at radius 3 is 2.48 bits per heavy atom. The van der Waals surface area contributed by atoms with E-state index in [1.807, 2.05) is 24.0 Å². The van der Waals surface area contributed by atoms with Crippen LogP contribution in [0.25, 0.3) is 0 Å². The minimum atomic E-state index is -0.342. The highest BCUT2D eigenvalue weighted by molar-refractivity contribution is 6.33. The molecule has 1 heterocycles. The summed E-state index contributed by atoms with van der Waals surface area (Å²) in [6.45, 7) is 8.43. The van der Waals surface area contributed by atoms with Gasteiger partial charge in [-0.1, -0.05) is 30.7 Å². The molecule has 1 aromatic rings. The molecular formula is C18H27ClN4O2. The third-order valence-corrected chi connectivity index (χ3v) is 5.02. The zero-order valence-corrected chi connectivity index (χ0v) is 15.9. The number of nitrogens with zero attached hydrogens (tertiary/aromatic N) is 3. The summed E-state index contributed by atoms with van der Waals surface area (Å²) in [5, 5.41) is 3.28. The zero-order valence-electron chi connectivity index (χ0n) is 15.2. The smallest absolute Gasteiger partial charge is 0.239 e. The Kier molecular flexibility index (Phi) is 7.23. The molecule has 0 bridgehead atoms. The summed E-state index contributed by atoms with van der Waals surface area (Å²) in [6.07, 6.45) is 0. The molecule has 0 radical (unpaired) electrons. The van der Waals surface area contributed by atoms with Crippen molar-refractivity contribution in [3.05, 3.63) is 29.3 Å². The topological polar surface area (TPSA) is 55.9 Å². The average Bonchev–Trinajstić information content (AvgIpc) is 2.62.